The molecular weight excluding hydrogens is 184 g/mol. The molecular formula is C13H20N2. The van der Waals surface area contributed by atoms with E-state index in [0.29, 0.717) is 0 Å². The first-order valence-electron chi connectivity index (χ1n) is 5.76. The summed E-state index contributed by atoms with van der Waals surface area (Å²) < 4.78 is 0. The van der Waals surface area contributed by atoms with Crippen LogP contribution in [0.15, 0.2) is 24.3 Å². The first-order chi connectivity index (χ1) is 7.27. The summed E-state index contributed by atoms with van der Waals surface area (Å²) in [6.45, 7) is 1.21. The van der Waals surface area contributed by atoms with Crippen molar-refractivity contribution in [2.24, 2.45) is 0 Å². The van der Waals surface area contributed by atoms with Gasteiger partial charge in [0.1, 0.15) is 0 Å². The normalized spacial score (nSPS) is 19.7. The standard InChI is InChI=1S/C13H20N2/c1-15(2)13-6-4-3-5-11(13)7-8-12-9-10-14-12/h3-6,12,14H,7-10H2,1-2H3. The van der Waals surface area contributed by atoms with Crippen molar-refractivity contribution in [1.82, 2.24) is 5.32 Å². The quantitative estimate of drug-likeness (QED) is 0.807. The summed E-state index contributed by atoms with van der Waals surface area (Å²) in [5.41, 5.74) is 2.83. The molecule has 1 aliphatic heterocycles. The van der Waals surface area contributed by atoms with Crippen molar-refractivity contribution in [2.45, 2.75) is 25.3 Å². The van der Waals surface area contributed by atoms with E-state index in [0.717, 1.165) is 6.04 Å². The molecule has 1 atom stereocenters. The summed E-state index contributed by atoms with van der Waals surface area (Å²) in [6, 6.07) is 9.45. The molecule has 2 heteroatoms. The van der Waals surface area contributed by atoms with Crippen molar-refractivity contribution in [1.29, 1.82) is 0 Å². The third-order valence-corrected chi connectivity index (χ3v) is 3.16. The van der Waals surface area contributed by atoms with Gasteiger partial charge in [0.15, 0.2) is 0 Å². The highest BCUT2D eigenvalue weighted by molar-refractivity contribution is 5.52. The van der Waals surface area contributed by atoms with Crippen LogP contribution in [0.4, 0.5) is 5.69 Å². The third kappa shape index (κ3) is 2.51. The molecule has 1 saturated heterocycles. The van der Waals surface area contributed by atoms with Crippen LogP contribution in [-0.2, 0) is 6.42 Å². The minimum Gasteiger partial charge on any atom is -0.377 e. The zero-order valence-corrected chi connectivity index (χ0v) is 9.66. The smallest absolute Gasteiger partial charge is 0.0393 e. The van der Waals surface area contributed by atoms with E-state index in [9.17, 15) is 0 Å². The average Bonchev–Trinajstić information content (AvgIpc) is 2.16. The van der Waals surface area contributed by atoms with Crippen LogP contribution in [0.3, 0.4) is 0 Å². The molecule has 1 heterocycles. The Balaban J connectivity index is 1.99. The van der Waals surface area contributed by atoms with Crippen LogP contribution >= 0.6 is 0 Å². The van der Waals surface area contributed by atoms with E-state index in [1.807, 2.05) is 0 Å². The Kier molecular flexibility index (Phi) is 3.27. The third-order valence-electron chi connectivity index (χ3n) is 3.16. The molecule has 2 nitrogen and oxygen atoms in total. The minimum absolute atomic E-state index is 0.764. The lowest BCUT2D eigenvalue weighted by atomic mass is 9.97. The Labute approximate surface area is 92.3 Å². The van der Waals surface area contributed by atoms with Gasteiger partial charge in [0, 0.05) is 25.8 Å². The monoisotopic (exact) mass is 204 g/mol. The Morgan fingerprint density at radius 3 is 2.67 bits per heavy atom. The van der Waals surface area contributed by atoms with Gasteiger partial charge in [-0.25, -0.2) is 0 Å². The van der Waals surface area contributed by atoms with Gasteiger partial charge in [0.2, 0.25) is 0 Å². The van der Waals surface area contributed by atoms with Gasteiger partial charge in [-0.3, -0.25) is 0 Å². The fourth-order valence-electron chi connectivity index (χ4n) is 2.08. The van der Waals surface area contributed by atoms with Gasteiger partial charge in [-0.15, -0.1) is 0 Å². The summed E-state index contributed by atoms with van der Waals surface area (Å²) in [4.78, 5) is 2.20. The van der Waals surface area contributed by atoms with E-state index < -0.39 is 0 Å². The number of anilines is 1. The molecule has 1 unspecified atom stereocenters. The van der Waals surface area contributed by atoms with Crippen molar-refractivity contribution >= 4 is 5.69 Å². The number of aryl methyl sites for hydroxylation is 1. The molecule has 0 radical (unpaired) electrons. The highest BCUT2D eigenvalue weighted by atomic mass is 15.1. The van der Waals surface area contributed by atoms with Crippen LogP contribution in [0.5, 0.6) is 0 Å². The van der Waals surface area contributed by atoms with E-state index in [2.05, 4.69) is 48.6 Å². The van der Waals surface area contributed by atoms with Gasteiger partial charge >= 0.3 is 0 Å². The maximum Gasteiger partial charge on any atom is 0.0393 e. The zero-order chi connectivity index (χ0) is 10.7. The molecule has 2 rings (SSSR count). The molecule has 0 aromatic heterocycles. The first-order valence-corrected chi connectivity index (χ1v) is 5.76. The van der Waals surface area contributed by atoms with E-state index in [1.165, 1.54) is 37.1 Å². The molecule has 82 valence electrons. The molecule has 0 bridgehead atoms. The summed E-state index contributed by atoms with van der Waals surface area (Å²) in [6.07, 6.45) is 3.81. The number of benzene rings is 1. The van der Waals surface area contributed by atoms with Crippen LogP contribution in [-0.4, -0.2) is 26.7 Å². The maximum absolute atomic E-state index is 3.45. The van der Waals surface area contributed by atoms with Gasteiger partial charge in [-0.1, -0.05) is 18.2 Å². The Bertz CT molecular complexity index is 316. The topological polar surface area (TPSA) is 15.3 Å². The Morgan fingerprint density at radius 2 is 2.07 bits per heavy atom. The Hall–Kier alpha value is -1.02. The number of nitrogens with zero attached hydrogens (tertiary/aromatic N) is 1. The van der Waals surface area contributed by atoms with Crippen molar-refractivity contribution in [3.05, 3.63) is 29.8 Å². The van der Waals surface area contributed by atoms with Gasteiger partial charge in [0.25, 0.3) is 0 Å². The molecule has 1 aromatic rings. The molecule has 1 aliphatic rings. The molecule has 0 spiro atoms. The molecule has 15 heavy (non-hydrogen) atoms. The average molecular weight is 204 g/mol. The number of hydrogen-bond acceptors (Lipinski definition) is 2. The van der Waals surface area contributed by atoms with Gasteiger partial charge in [-0.2, -0.15) is 0 Å². The van der Waals surface area contributed by atoms with Gasteiger partial charge < -0.3 is 10.2 Å². The van der Waals surface area contributed by atoms with Crippen LogP contribution in [0.2, 0.25) is 0 Å². The van der Waals surface area contributed by atoms with Crippen LogP contribution < -0.4 is 10.2 Å². The summed E-state index contributed by atoms with van der Waals surface area (Å²) in [5, 5.41) is 3.45. The lowest BCUT2D eigenvalue weighted by Crippen LogP contribution is -2.42. The largest absolute Gasteiger partial charge is 0.377 e. The lowest BCUT2D eigenvalue weighted by molar-refractivity contribution is 0.351. The highest BCUT2D eigenvalue weighted by Crippen LogP contribution is 2.21. The molecule has 1 N–H and O–H groups in total. The van der Waals surface area contributed by atoms with Crippen molar-refractivity contribution in [3.8, 4) is 0 Å². The SMILES string of the molecule is CN(C)c1ccccc1CCC1CCN1. The predicted octanol–water partition coefficient (Wildman–Crippen LogP) is 2.05. The number of rotatable bonds is 4. The van der Waals surface area contributed by atoms with Crippen molar-refractivity contribution in [2.75, 3.05) is 25.5 Å². The van der Waals surface area contributed by atoms with Gasteiger partial charge in [-0.05, 0) is 37.4 Å². The van der Waals surface area contributed by atoms with Crippen LogP contribution in [0.25, 0.3) is 0 Å². The number of hydrogen-bond donors (Lipinski definition) is 1. The summed E-state index contributed by atoms with van der Waals surface area (Å²) >= 11 is 0. The molecule has 0 saturated carbocycles. The molecule has 0 aliphatic carbocycles. The van der Waals surface area contributed by atoms with Crippen LogP contribution in [0.1, 0.15) is 18.4 Å². The van der Waals surface area contributed by atoms with E-state index in [1.54, 1.807) is 0 Å². The lowest BCUT2D eigenvalue weighted by Gasteiger charge is -2.28. The second-order valence-corrected chi connectivity index (χ2v) is 4.50. The van der Waals surface area contributed by atoms with Gasteiger partial charge in [0.05, 0.1) is 0 Å². The first kappa shape index (κ1) is 10.5. The second kappa shape index (κ2) is 4.67. The number of nitrogens with one attached hydrogen (secondary N) is 1. The fraction of sp³-hybridized carbons (Fsp3) is 0.538. The predicted molar refractivity (Wildman–Crippen MR) is 65.5 cm³/mol. The summed E-state index contributed by atoms with van der Waals surface area (Å²) in [5.74, 6) is 0. The van der Waals surface area contributed by atoms with E-state index >= 15 is 0 Å². The molecule has 1 fully saturated rings. The van der Waals surface area contributed by atoms with Crippen molar-refractivity contribution < 1.29 is 0 Å². The van der Waals surface area contributed by atoms with Crippen molar-refractivity contribution in [3.63, 3.8) is 0 Å². The Morgan fingerprint density at radius 1 is 1.33 bits per heavy atom. The minimum atomic E-state index is 0.764. The fourth-order valence-corrected chi connectivity index (χ4v) is 2.08. The van der Waals surface area contributed by atoms with E-state index in [4.69, 9.17) is 0 Å². The van der Waals surface area contributed by atoms with Crippen LogP contribution in [0, 0.1) is 0 Å². The molecule has 1 aromatic carbocycles. The maximum atomic E-state index is 3.45. The molecule has 0 amide bonds. The highest BCUT2D eigenvalue weighted by Gasteiger charge is 2.16. The second-order valence-electron chi connectivity index (χ2n) is 4.50. The number of para-hydroxylation sites is 1. The summed E-state index contributed by atoms with van der Waals surface area (Å²) in [7, 11) is 4.22. The van der Waals surface area contributed by atoms with E-state index in [-0.39, 0.29) is 0 Å². The zero-order valence-electron chi connectivity index (χ0n) is 9.66.